The molecule has 1 aliphatic carbocycles. The fourth-order valence-electron chi connectivity index (χ4n) is 3.43. The van der Waals surface area contributed by atoms with Gasteiger partial charge in [-0.2, -0.15) is 5.26 Å². The van der Waals surface area contributed by atoms with Gasteiger partial charge in [0.05, 0.1) is 24.3 Å². The molecular weight excluding hydrogens is 258 g/mol. The summed E-state index contributed by atoms with van der Waals surface area (Å²) in [6, 6.07) is 10.3. The van der Waals surface area contributed by atoms with Crippen LogP contribution < -0.4 is 0 Å². The minimum Gasteiger partial charge on any atom is -0.374 e. The first-order valence-corrected chi connectivity index (χ1v) is 8.01. The lowest BCUT2D eigenvalue weighted by atomic mass is 9.76. The van der Waals surface area contributed by atoms with Crippen LogP contribution in [-0.4, -0.2) is 12.7 Å². The van der Waals surface area contributed by atoms with Gasteiger partial charge >= 0.3 is 0 Å². The van der Waals surface area contributed by atoms with Gasteiger partial charge in [0, 0.05) is 0 Å². The molecule has 2 rings (SSSR count). The van der Waals surface area contributed by atoms with Crippen LogP contribution in [0.15, 0.2) is 36.9 Å². The lowest BCUT2D eigenvalue weighted by molar-refractivity contribution is 0.0115. The molecule has 112 valence electrons. The van der Waals surface area contributed by atoms with E-state index in [0.29, 0.717) is 24.5 Å². The zero-order valence-corrected chi connectivity index (χ0v) is 12.9. The van der Waals surface area contributed by atoms with Crippen molar-refractivity contribution in [3.05, 3.63) is 48.0 Å². The van der Waals surface area contributed by atoms with Gasteiger partial charge < -0.3 is 4.74 Å². The predicted molar refractivity (Wildman–Crippen MR) is 86.1 cm³/mol. The van der Waals surface area contributed by atoms with Gasteiger partial charge in [0.2, 0.25) is 0 Å². The van der Waals surface area contributed by atoms with Crippen LogP contribution in [0.4, 0.5) is 0 Å². The van der Waals surface area contributed by atoms with E-state index in [9.17, 15) is 0 Å². The van der Waals surface area contributed by atoms with Crippen molar-refractivity contribution in [3.63, 3.8) is 0 Å². The molecule has 0 bridgehead atoms. The fraction of sp³-hybridized carbons (Fsp3) is 0.526. The first-order chi connectivity index (χ1) is 10.3. The molecule has 0 spiro atoms. The van der Waals surface area contributed by atoms with Crippen LogP contribution in [0.2, 0.25) is 0 Å². The summed E-state index contributed by atoms with van der Waals surface area (Å²) in [5.41, 5.74) is 2.13. The molecule has 0 radical (unpaired) electrons. The minimum atomic E-state index is 0.380. The van der Waals surface area contributed by atoms with E-state index in [0.717, 1.165) is 12.0 Å². The van der Waals surface area contributed by atoms with Crippen molar-refractivity contribution in [1.82, 2.24) is 0 Å². The van der Waals surface area contributed by atoms with Gasteiger partial charge in [-0.05, 0) is 61.6 Å². The minimum absolute atomic E-state index is 0.380. The Labute approximate surface area is 128 Å². The van der Waals surface area contributed by atoms with E-state index in [2.05, 4.69) is 31.7 Å². The van der Waals surface area contributed by atoms with Gasteiger partial charge in [-0.1, -0.05) is 25.1 Å². The molecule has 21 heavy (non-hydrogen) atoms. The van der Waals surface area contributed by atoms with E-state index in [4.69, 9.17) is 10.00 Å². The zero-order valence-electron chi connectivity index (χ0n) is 12.9. The van der Waals surface area contributed by atoms with Gasteiger partial charge in [0.1, 0.15) is 0 Å². The van der Waals surface area contributed by atoms with E-state index in [1.165, 1.54) is 31.2 Å². The van der Waals surface area contributed by atoms with Crippen molar-refractivity contribution in [2.24, 2.45) is 5.92 Å². The number of hydrogen-bond acceptors (Lipinski definition) is 2. The van der Waals surface area contributed by atoms with Crippen LogP contribution in [0.1, 0.15) is 56.1 Å². The van der Waals surface area contributed by atoms with Gasteiger partial charge in [-0.15, -0.1) is 6.58 Å². The summed E-state index contributed by atoms with van der Waals surface area (Å²) in [7, 11) is 0. The Morgan fingerprint density at radius 2 is 1.95 bits per heavy atom. The Kier molecular flexibility index (Phi) is 6.02. The average molecular weight is 283 g/mol. The summed E-state index contributed by atoms with van der Waals surface area (Å²) in [5, 5.41) is 8.86. The van der Waals surface area contributed by atoms with Crippen molar-refractivity contribution in [2.75, 3.05) is 6.61 Å². The molecule has 1 aromatic rings. The maximum Gasteiger partial charge on any atom is 0.0991 e. The van der Waals surface area contributed by atoms with Crippen molar-refractivity contribution < 1.29 is 4.74 Å². The Morgan fingerprint density at radius 3 is 2.48 bits per heavy atom. The quantitative estimate of drug-likeness (QED) is 0.702. The summed E-state index contributed by atoms with van der Waals surface area (Å²) < 4.78 is 5.90. The summed E-state index contributed by atoms with van der Waals surface area (Å²) >= 11 is 0. The largest absolute Gasteiger partial charge is 0.374 e. The number of benzene rings is 1. The summed E-state index contributed by atoms with van der Waals surface area (Å²) in [6.45, 7) is 6.60. The highest BCUT2D eigenvalue weighted by Crippen LogP contribution is 2.38. The van der Waals surface area contributed by atoms with Crippen molar-refractivity contribution in [3.8, 4) is 6.07 Å². The van der Waals surface area contributed by atoms with Gasteiger partial charge in [0.15, 0.2) is 0 Å². The Morgan fingerprint density at radius 1 is 1.29 bits per heavy atom. The Balaban J connectivity index is 1.89. The maximum atomic E-state index is 8.86. The average Bonchev–Trinajstić information content (AvgIpc) is 2.56. The standard InChI is InChI=1S/C19H25NO/c1-3-13-21-19(4-2)18-11-9-17(10-12-18)16-7-5-15(14-20)6-8-16/h3,5-8,17-19H,1,4,9-13H2,2H3/t17-,18-,19?. The van der Waals surface area contributed by atoms with E-state index in [1.54, 1.807) is 0 Å². The van der Waals surface area contributed by atoms with Crippen molar-refractivity contribution >= 4 is 0 Å². The lowest BCUT2D eigenvalue weighted by Crippen LogP contribution is -2.27. The van der Waals surface area contributed by atoms with Gasteiger partial charge in [0.25, 0.3) is 0 Å². The first-order valence-electron chi connectivity index (χ1n) is 8.01. The number of ether oxygens (including phenoxy) is 1. The molecule has 1 aromatic carbocycles. The maximum absolute atomic E-state index is 8.86. The highest BCUT2D eigenvalue weighted by molar-refractivity contribution is 5.33. The van der Waals surface area contributed by atoms with Crippen LogP contribution in [0.3, 0.4) is 0 Å². The number of nitrogens with zero attached hydrogens (tertiary/aromatic N) is 1. The number of rotatable bonds is 6. The molecule has 2 heteroatoms. The monoisotopic (exact) mass is 283 g/mol. The van der Waals surface area contributed by atoms with E-state index < -0.39 is 0 Å². The van der Waals surface area contributed by atoms with Crippen molar-refractivity contribution in [2.45, 2.75) is 51.0 Å². The molecule has 2 nitrogen and oxygen atoms in total. The SMILES string of the molecule is C=CCOC(CC)[C@H]1CC[C@H](c2ccc(C#N)cc2)CC1. The fourth-order valence-corrected chi connectivity index (χ4v) is 3.43. The molecule has 0 saturated heterocycles. The number of nitriles is 1. The molecular formula is C19H25NO. The molecule has 0 heterocycles. The highest BCUT2D eigenvalue weighted by Gasteiger charge is 2.27. The molecule has 1 unspecified atom stereocenters. The molecule has 0 amide bonds. The molecule has 0 aliphatic heterocycles. The summed E-state index contributed by atoms with van der Waals surface area (Å²) in [6.07, 6.45) is 8.23. The molecule has 1 aliphatic rings. The molecule has 0 N–H and O–H groups in total. The molecule has 1 atom stereocenters. The van der Waals surface area contributed by atoms with Gasteiger partial charge in [-0.3, -0.25) is 0 Å². The number of hydrogen-bond donors (Lipinski definition) is 0. The normalized spacial score (nSPS) is 23.2. The zero-order chi connectivity index (χ0) is 15.1. The van der Waals surface area contributed by atoms with Crippen LogP contribution >= 0.6 is 0 Å². The van der Waals surface area contributed by atoms with Gasteiger partial charge in [-0.25, -0.2) is 0 Å². The van der Waals surface area contributed by atoms with Crippen LogP contribution in [0, 0.1) is 17.2 Å². The second kappa shape index (κ2) is 8.00. The molecule has 1 saturated carbocycles. The van der Waals surface area contributed by atoms with E-state index in [-0.39, 0.29) is 0 Å². The smallest absolute Gasteiger partial charge is 0.0991 e. The second-order valence-corrected chi connectivity index (χ2v) is 5.91. The van der Waals surface area contributed by atoms with Crippen molar-refractivity contribution in [1.29, 1.82) is 5.26 Å². The second-order valence-electron chi connectivity index (χ2n) is 5.91. The summed E-state index contributed by atoms with van der Waals surface area (Å²) in [5.74, 6) is 1.33. The molecule has 0 aromatic heterocycles. The lowest BCUT2D eigenvalue weighted by Gasteiger charge is -2.33. The van der Waals surface area contributed by atoms with Crippen LogP contribution in [-0.2, 0) is 4.74 Å². The predicted octanol–water partition coefficient (Wildman–Crippen LogP) is 4.81. The third kappa shape index (κ3) is 4.19. The highest BCUT2D eigenvalue weighted by atomic mass is 16.5. The van der Waals surface area contributed by atoms with Crippen LogP contribution in [0.25, 0.3) is 0 Å². The third-order valence-corrected chi connectivity index (χ3v) is 4.64. The third-order valence-electron chi connectivity index (χ3n) is 4.64. The Bertz CT molecular complexity index is 477. The Hall–Kier alpha value is -1.59. The topological polar surface area (TPSA) is 33.0 Å². The van der Waals surface area contributed by atoms with E-state index >= 15 is 0 Å². The van der Waals surface area contributed by atoms with Crippen LogP contribution in [0.5, 0.6) is 0 Å². The first kappa shape index (κ1) is 15.8. The van der Waals surface area contributed by atoms with E-state index in [1.807, 2.05) is 18.2 Å². The molecule has 1 fully saturated rings. The summed E-state index contributed by atoms with van der Waals surface area (Å²) in [4.78, 5) is 0.